The molecule has 138 valence electrons. The maximum absolute atomic E-state index is 13.5. The lowest BCUT2D eigenvalue weighted by Crippen LogP contribution is -2.31. The lowest BCUT2D eigenvalue weighted by atomic mass is 10.1. The molecule has 0 saturated carbocycles. The van der Waals surface area contributed by atoms with E-state index in [1.807, 2.05) is 89.8 Å². The lowest BCUT2D eigenvalue weighted by molar-refractivity contribution is 0.0730. The maximum Gasteiger partial charge on any atom is 0.256 e. The minimum Gasteiger partial charge on any atom is -0.330 e. The molecule has 0 aliphatic carbocycles. The highest BCUT2D eigenvalue weighted by Gasteiger charge is 2.20. The van der Waals surface area contributed by atoms with Crippen LogP contribution in [0.2, 0.25) is 0 Å². The third-order valence-electron chi connectivity index (χ3n) is 4.45. The molecule has 0 N–H and O–H groups in total. The zero-order valence-electron chi connectivity index (χ0n) is 15.2. The molecule has 3 aromatic carbocycles. The van der Waals surface area contributed by atoms with Crippen molar-refractivity contribution in [2.24, 2.45) is 0 Å². The van der Waals surface area contributed by atoms with Crippen molar-refractivity contribution >= 4 is 5.91 Å². The van der Waals surface area contributed by atoms with E-state index in [4.69, 9.17) is 0 Å². The zero-order chi connectivity index (χ0) is 19.2. The first-order valence-corrected chi connectivity index (χ1v) is 9.01. The smallest absolute Gasteiger partial charge is 0.256 e. The molecule has 4 rings (SSSR count). The molecule has 0 spiro atoms. The monoisotopic (exact) mass is 369 g/mol. The number of para-hydroxylation sites is 1. The van der Waals surface area contributed by atoms with Gasteiger partial charge >= 0.3 is 0 Å². The predicted octanol–water partition coefficient (Wildman–Crippen LogP) is 3.50. The van der Waals surface area contributed by atoms with E-state index >= 15 is 0 Å². The summed E-state index contributed by atoms with van der Waals surface area (Å²) in [4.78, 5) is 15.4. The summed E-state index contributed by atoms with van der Waals surface area (Å²) in [5, 5.41) is 11.3. The zero-order valence-corrected chi connectivity index (χ0v) is 15.2. The van der Waals surface area contributed by atoms with Crippen LogP contribution in [0.5, 0.6) is 0 Å². The van der Waals surface area contributed by atoms with Crippen molar-refractivity contribution in [2.75, 3.05) is 0 Å². The minimum atomic E-state index is -0.0705. The molecule has 6 heteroatoms. The topological polar surface area (TPSA) is 63.9 Å². The molecule has 4 aromatic rings. The van der Waals surface area contributed by atoms with E-state index in [9.17, 15) is 4.79 Å². The number of hydrogen-bond acceptors (Lipinski definition) is 4. The van der Waals surface area contributed by atoms with E-state index in [0.717, 1.165) is 11.1 Å². The molecule has 28 heavy (non-hydrogen) atoms. The van der Waals surface area contributed by atoms with E-state index in [2.05, 4.69) is 15.5 Å². The molecule has 0 aliphatic rings. The van der Waals surface area contributed by atoms with Crippen LogP contribution in [0.25, 0.3) is 5.69 Å². The van der Waals surface area contributed by atoms with Crippen LogP contribution in [0.4, 0.5) is 0 Å². The largest absolute Gasteiger partial charge is 0.330 e. The van der Waals surface area contributed by atoms with Gasteiger partial charge in [0.15, 0.2) is 0 Å². The Hall–Kier alpha value is -3.80. The van der Waals surface area contributed by atoms with Gasteiger partial charge in [-0.2, -0.15) is 4.68 Å². The molecule has 0 atom stereocenters. The molecule has 0 radical (unpaired) electrons. The Bertz CT molecular complexity index is 991. The second-order valence-electron chi connectivity index (χ2n) is 6.40. The van der Waals surface area contributed by atoms with E-state index in [1.54, 1.807) is 0 Å². The first kappa shape index (κ1) is 17.6. The fraction of sp³-hybridized carbons (Fsp3) is 0.0909. The van der Waals surface area contributed by atoms with E-state index < -0.39 is 0 Å². The van der Waals surface area contributed by atoms with Crippen LogP contribution in [-0.2, 0) is 13.1 Å². The van der Waals surface area contributed by atoms with Crippen LogP contribution in [0, 0.1) is 0 Å². The average Bonchev–Trinajstić information content (AvgIpc) is 3.29. The number of aromatic nitrogens is 4. The van der Waals surface area contributed by atoms with Crippen LogP contribution >= 0.6 is 0 Å². The van der Waals surface area contributed by atoms with E-state index in [1.165, 1.54) is 11.0 Å². The number of rotatable bonds is 6. The molecule has 0 saturated heterocycles. The summed E-state index contributed by atoms with van der Waals surface area (Å²) in [5.74, 6) is -0.0705. The summed E-state index contributed by atoms with van der Waals surface area (Å²) in [6.07, 6.45) is 1.49. The highest BCUT2D eigenvalue weighted by Crippen LogP contribution is 2.19. The number of benzene rings is 3. The summed E-state index contributed by atoms with van der Waals surface area (Å²) in [7, 11) is 0. The first-order valence-electron chi connectivity index (χ1n) is 9.01. The molecular formula is C22H19N5O. The van der Waals surface area contributed by atoms with Crippen LogP contribution in [-0.4, -0.2) is 31.0 Å². The number of carbonyl (C=O) groups excluding carboxylic acids is 1. The van der Waals surface area contributed by atoms with Gasteiger partial charge in [0.05, 0.1) is 11.3 Å². The SMILES string of the molecule is O=C(c1ccccc1-n1cnnn1)N(Cc1ccccc1)Cc1ccccc1. The van der Waals surface area contributed by atoms with Gasteiger partial charge in [-0.05, 0) is 33.7 Å². The van der Waals surface area contributed by atoms with Crippen molar-refractivity contribution in [2.45, 2.75) is 13.1 Å². The third-order valence-corrected chi connectivity index (χ3v) is 4.45. The quantitative estimate of drug-likeness (QED) is 0.522. The Morgan fingerprint density at radius 1 is 0.786 bits per heavy atom. The van der Waals surface area contributed by atoms with Gasteiger partial charge < -0.3 is 4.90 Å². The molecule has 1 heterocycles. The van der Waals surface area contributed by atoms with Crippen molar-refractivity contribution in [3.05, 3.63) is 108 Å². The summed E-state index contributed by atoms with van der Waals surface area (Å²) in [6, 6.07) is 27.3. The lowest BCUT2D eigenvalue weighted by Gasteiger charge is -2.24. The highest BCUT2D eigenvalue weighted by atomic mass is 16.2. The molecule has 1 amide bonds. The Kier molecular flexibility index (Phi) is 5.20. The van der Waals surface area contributed by atoms with Gasteiger partial charge in [-0.25, -0.2) is 0 Å². The number of tetrazole rings is 1. The molecule has 6 nitrogen and oxygen atoms in total. The van der Waals surface area contributed by atoms with Crippen molar-refractivity contribution < 1.29 is 4.79 Å². The second kappa shape index (κ2) is 8.26. The van der Waals surface area contributed by atoms with Crippen molar-refractivity contribution in [3.63, 3.8) is 0 Å². The van der Waals surface area contributed by atoms with Crippen LogP contribution in [0.3, 0.4) is 0 Å². The van der Waals surface area contributed by atoms with Crippen molar-refractivity contribution in [1.29, 1.82) is 0 Å². The van der Waals surface area contributed by atoms with Gasteiger partial charge in [0.1, 0.15) is 6.33 Å². The Morgan fingerprint density at radius 3 is 1.93 bits per heavy atom. The van der Waals surface area contributed by atoms with Gasteiger partial charge in [0.2, 0.25) is 0 Å². The predicted molar refractivity (Wildman–Crippen MR) is 106 cm³/mol. The second-order valence-corrected chi connectivity index (χ2v) is 6.40. The maximum atomic E-state index is 13.5. The van der Waals surface area contributed by atoms with Crippen molar-refractivity contribution in [3.8, 4) is 5.69 Å². The van der Waals surface area contributed by atoms with Gasteiger partial charge in [-0.3, -0.25) is 4.79 Å². The van der Waals surface area contributed by atoms with Gasteiger partial charge in [-0.15, -0.1) is 5.10 Å². The number of amides is 1. The fourth-order valence-corrected chi connectivity index (χ4v) is 3.10. The standard InChI is InChI=1S/C22H19N5O/c28-22(20-13-7-8-14-21(20)27-17-23-24-25-27)26(15-18-9-3-1-4-10-18)16-19-11-5-2-6-12-19/h1-14,17H,15-16H2. The summed E-state index contributed by atoms with van der Waals surface area (Å²) >= 11 is 0. The molecule has 0 bridgehead atoms. The summed E-state index contributed by atoms with van der Waals surface area (Å²) in [5.41, 5.74) is 3.36. The van der Waals surface area contributed by atoms with Crippen LogP contribution in [0.15, 0.2) is 91.3 Å². The Balaban J connectivity index is 1.69. The normalized spacial score (nSPS) is 10.6. The molecule has 0 unspecified atom stereocenters. The molecule has 0 fully saturated rings. The number of hydrogen-bond donors (Lipinski definition) is 0. The summed E-state index contributed by atoms with van der Waals surface area (Å²) in [6.45, 7) is 1.02. The minimum absolute atomic E-state index is 0.0705. The average molecular weight is 369 g/mol. The molecule has 0 aliphatic heterocycles. The van der Waals surface area contributed by atoms with E-state index in [-0.39, 0.29) is 5.91 Å². The van der Waals surface area contributed by atoms with Crippen LogP contribution in [0.1, 0.15) is 21.5 Å². The van der Waals surface area contributed by atoms with Gasteiger partial charge in [0, 0.05) is 13.1 Å². The Morgan fingerprint density at radius 2 is 1.36 bits per heavy atom. The van der Waals surface area contributed by atoms with Gasteiger partial charge in [-0.1, -0.05) is 72.8 Å². The van der Waals surface area contributed by atoms with E-state index in [0.29, 0.717) is 24.3 Å². The number of carbonyl (C=O) groups is 1. The van der Waals surface area contributed by atoms with Gasteiger partial charge in [0.25, 0.3) is 5.91 Å². The first-order chi connectivity index (χ1) is 13.8. The van der Waals surface area contributed by atoms with Crippen molar-refractivity contribution in [1.82, 2.24) is 25.1 Å². The van der Waals surface area contributed by atoms with Crippen LogP contribution < -0.4 is 0 Å². The fourth-order valence-electron chi connectivity index (χ4n) is 3.10. The molecular weight excluding hydrogens is 350 g/mol. The third kappa shape index (κ3) is 3.96. The number of nitrogens with zero attached hydrogens (tertiary/aromatic N) is 5. The highest BCUT2D eigenvalue weighted by molar-refractivity contribution is 5.97. The Labute approximate surface area is 163 Å². The molecule has 1 aromatic heterocycles. The summed E-state index contributed by atoms with van der Waals surface area (Å²) < 4.78 is 1.51.